The second-order valence-corrected chi connectivity index (χ2v) is 10.2. The number of carbonyl (C=O) groups is 1. The fourth-order valence-corrected chi connectivity index (χ4v) is 5.78. The molecule has 0 unspecified atom stereocenters. The van der Waals surface area contributed by atoms with E-state index in [9.17, 15) is 9.90 Å². The summed E-state index contributed by atoms with van der Waals surface area (Å²) in [5.41, 5.74) is 10.1. The van der Waals surface area contributed by atoms with Crippen LogP contribution in [0.1, 0.15) is 15.4 Å². The number of pyridine rings is 1. The molecular formula is C31H24N4O6S. The Balaban J connectivity index is 1.55. The molecular weight excluding hydrogens is 556 g/mol. The molecule has 0 fully saturated rings. The number of ether oxygens (including phenoxy) is 3. The topological polar surface area (TPSA) is 137 Å². The SMILES string of the molecule is COc1ccc(-[n+]2noc([O-])c2C(=O)c2sc3nc(-c4ccccc4)cc(-c4ccc(OC)c(OC)c4)c3c2N)cc1. The summed E-state index contributed by atoms with van der Waals surface area (Å²) in [6, 6.07) is 23.8. The smallest absolute Gasteiger partial charge is 0.312 e. The lowest BCUT2D eigenvalue weighted by molar-refractivity contribution is -0.672. The molecule has 6 rings (SSSR count). The number of rotatable bonds is 8. The van der Waals surface area contributed by atoms with Gasteiger partial charge in [-0.25, -0.2) is 4.98 Å². The summed E-state index contributed by atoms with van der Waals surface area (Å²) in [6.45, 7) is 0. The Hall–Kier alpha value is -5.42. The van der Waals surface area contributed by atoms with Gasteiger partial charge in [0.2, 0.25) is 5.69 Å². The normalized spacial score (nSPS) is 11.0. The van der Waals surface area contributed by atoms with Crippen LogP contribution in [-0.4, -0.2) is 37.4 Å². The van der Waals surface area contributed by atoms with Crippen molar-refractivity contribution in [2.45, 2.75) is 0 Å². The fraction of sp³-hybridized carbons (Fsp3) is 0.0968. The van der Waals surface area contributed by atoms with E-state index in [1.54, 1.807) is 51.7 Å². The maximum absolute atomic E-state index is 13.9. The van der Waals surface area contributed by atoms with Gasteiger partial charge in [-0.2, -0.15) is 0 Å². The highest BCUT2D eigenvalue weighted by atomic mass is 32.1. The van der Waals surface area contributed by atoms with Crippen molar-refractivity contribution < 1.29 is 33.3 Å². The molecule has 0 aliphatic carbocycles. The first-order valence-electron chi connectivity index (χ1n) is 12.7. The molecule has 3 heterocycles. The zero-order chi connectivity index (χ0) is 29.4. The molecule has 0 amide bonds. The van der Waals surface area contributed by atoms with Crippen molar-refractivity contribution in [2.24, 2.45) is 0 Å². The molecule has 42 heavy (non-hydrogen) atoms. The molecule has 0 aliphatic rings. The number of fused-ring (bicyclic) bond motifs is 1. The Labute approximate surface area is 244 Å². The molecule has 0 bridgehead atoms. The van der Waals surface area contributed by atoms with Crippen LogP contribution in [0.2, 0.25) is 0 Å². The second kappa shape index (κ2) is 10.9. The summed E-state index contributed by atoms with van der Waals surface area (Å²) in [6.07, 6.45) is 0. The second-order valence-electron chi connectivity index (χ2n) is 9.16. The summed E-state index contributed by atoms with van der Waals surface area (Å²) in [4.78, 5) is 19.5. The van der Waals surface area contributed by atoms with E-state index in [1.807, 2.05) is 48.5 Å². The maximum Gasteiger partial charge on any atom is 0.312 e. The van der Waals surface area contributed by atoms with Gasteiger partial charge in [-0.05, 0) is 46.1 Å². The summed E-state index contributed by atoms with van der Waals surface area (Å²) in [5.74, 6) is 0.201. The predicted octanol–water partition coefficient (Wildman–Crippen LogP) is 4.81. The van der Waals surface area contributed by atoms with Crippen molar-refractivity contribution in [3.05, 3.63) is 89.4 Å². The van der Waals surface area contributed by atoms with Crippen molar-refractivity contribution in [3.8, 4) is 51.3 Å². The number of nitrogens with zero attached hydrogens (tertiary/aromatic N) is 3. The van der Waals surface area contributed by atoms with Gasteiger partial charge in [-0.3, -0.25) is 4.79 Å². The Bertz CT molecular complexity index is 1930. The molecule has 0 saturated carbocycles. The van der Waals surface area contributed by atoms with Gasteiger partial charge >= 0.3 is 5.69 Å². The molecule has 3 aromatic heterocycles. The van der Waals surface area contributed by atoms with E-state index < -0.39 is 11.7 Å². The quantitative estimate of drug-likeness (QED) is 0.199. The molecule has 0 aliphatic heterocycles. The van der Waals surface area contributed by atoms with Crippen LogP contribution in [0, 0.1) is 0 Å². The standard InChI is InChI=1S/C31H24N4O6S/c1-38-20-12-10-19(11-13-20)35-27(31(37)41-34-35)28(36)29-26(32)25-21(18-9-14-23(39-2)24(15-18)40-3)16-22(33-30(25)42-29)17-7-5-4-6-8-17/h4-16H,1-3H3,(H2-,32,34,36,37). The largest absolute Gasteiger partial charge is 0.539 e. The molecule has 0 spiro atoms. The summed E-state index contributed by atoms with van der Waals surface area (Å²) in [5, 5.41) is 17.2. The van der Waals surface area contributed by atoms with Gasteiger partial charge in [0.25, 0.3) is 5.78 Å². The minimum atomic E-state index is -0.884. The summed E-state index contributed by atoms with van der Waals surface area (Å²) >= 11 is 1.10. The third-order valence-corrected chi connectivity index (χ3v) is 7.91. The van der Waals surface area contributed by atoms with E-state index in [2.05, 4.69) is 5.27 Å². The van der Waals surface area contributed by atoms with Gasteiger partial charge in [-0.15, -0.1) is 11.3 Å². The van der Waals surface area contributed by atoms with Crippen LogP contribution in [0.15, 0.2) is 83.4 Å². The first-order chi connectivity index (χ1) is 20.4. The fourth-order valence-electron chi connectivity index (χ4n) is 4.72. The average molecular weight is 581 g/mol. The number of aromatic nitrogens is 3. The van der Waals surface area contributed by atoms with Gasteiger partial charge in [-0.1, -0.05) is 36.4 Å². The zero-order valence-electron chi connectivity index (χ0n) is 22.8. The van der Waals surface area contributed by atoms with E-state index in [1.165, 1.54) is 0 Å². The van der Waals surface area contributed by atoms with Crippen molar-refractivity contribution in [1.29, 1.82) is 0 Å². The van der Waals surface area contributed by atoms with Crippen molar-refractivity contribution >= 4 is 33.0 Å². The number of thiophene rings is 1. The van der Waals surface area contributed by atoms with Crippen molar-refractivity contribution in [2.75, 3.05) is 27.1 Å². The zero-order valence-corrected chi connectivity index (χ0v) is 23.6. The molecule has 2 N–H and O–H groups in total. The van der Waals surface area contributed by atoms with E-state index >= 15 is 0 Å². The molecule has 0 saturated heterocycles. The molecule has 10 nitrogen and oxygen atoms in total. The highest BCUT2D eigenvalue weighted by Crippen LogP contribution is 2.44. The summed E-state index contributed by atoms with van der Waals surface area (Å²) in [7, 11) is 4.67. The number of benzene rings is 3. The van der Waals surface area contributed by atoms with Crippen LogP contribution in [0.5, 0.6) is 23.2 Å². The van der Waals surface area contributed by atoms with Crippen molar-refractivity contribution in [3.63, 3.8) is 0 Å². The Morgan fingerprint density at radius 1 is 0.905 bits per heavy atom. The van der Waals surface area contributed by atoms with E-state index in [0.717, 1.165) is 32.7 Å². The number of nitrogen functional groups attached to an aromatic ring is 1. The minimum absolute atomic E-state index is 0.145. The lowest BCUT2D eigenvalue weighted by Crippen LogP contribution is -2.39. The lowest BCUT2D eigenvalue weighted by atomic mass is 9.98. The number of anilines is 1. The Morgan fingerprint density at radius 3 is 2.33 bits per heavy atom. The third-order valence-electron chi connectivity index (χ3n) is 6.81. The van der Waals surface area contributed by atoms with Crippen LogP contribution < -0.4 is 29.7 Å². The minimum Gasteiger partial charge on any atom is -0.539 e. The number of methoxy groups -OCH3 is 3. The Kier molecular flexibility index (Phi) is 6.93. The van der Waals surface area contributed by atoms with Crippen LogP contribution >= 0.6 is 11.3 Å². The number of hydrogen-bond acceptors (Lipinski definition) is 10. The number of hydrogen-bond donors (Lipinski definition) is 1. The van der Waals surface area contributed by atoms with Crippen LogP contribution in [-0.2, 0) is 0 Å². The third kappa shape index (κ3) is 4.55. The molecule has 6 aromatic rings. The molecule has 0 radical (unpaired) electrons. The molecule has 0 atom stereocenters. The molecule has 210 valence electrons. The monoisotopic (exact) mass is 580 g/mol. The lowest BCUT2D eigenvalue weighted by Gasteiger charge is -2.12. The first kappa shape index (κ1) is 26.8. The van der Waals surface area contributed by atoms with Gasteiger partial charge in [0.15, 0.2) is 17.4 Å². The molecule has 3 aromatic carbocycles. The number of nitrogens with two attached hydrogens (primary N) is 1. The Morgan fingerprint density at radius 2 is 1.64 bits per heavy atom. The van der Waals surface area contributed by atoms with Crippen LogP contribution in [0.3, 0.4) is 0 Å². The van der Waals surface area contributed by atoms with Crippen LogP contribution in [0.4, 0.5) is 5.69 Å². The van der Waals surface area contributed by atoms with E-state index in [0.29, 0.717) is 38.8 Å². The van der Waals surface area contributed by atoms with Gasteiger partial charge in [0.1, 0.15) is 15.5 Å². The van der Waals surface area contributed by atoms with Crippen LogP contribution in [0.25, 0.3) is 38.3 Å². The van der Waals surface area contributed by atoms with E-state index in [4.69, 9.17) is 29.5 Å². The predicted molar refractivity (Wildman–Crippen MR) is 155 cm³/mol. The van der Waals surface area contributed by atoms with Gasteiger partial charge in [0, 0.05) is 23.1 Å². The van der Waals surface area contributed by atoms with E-state index in [-0.39, 0.29) is 16.3 Å². The van der Waals surface area contributed by atoms with Crippen molar-refractivity contribution in [1.82, 2.24) is 10.3 Å². The number of carbonyl (C=O) groups excluding carboxylic acids is 1. The van der Waals surface area contributed by atoms with Gasteiger partial charge in [0.05, 0.1) is 38.0 Å². The highest BCUT2D eigenvalue weighted by molar-refractivity contribution is 7.21. The summed E-state index contributed by atoms with van der Waals surface area (Å²) < 4.78 is 22.2. The maximum atomic E-state index is 13.9. The number of ketones is 1. The molecule has 11 heteroatoms. The first-order valence-corrected chi connectivity index (χ1v) is 13.5. The highest BCUT2D eigenvalue weighted by Gasteiger charge is 2.33. The van der Waals surface area contributed by atoms with Gasteiger partial charge < -0.3 is 29.6 Å². The average Bonchev–Trinajstić information content (AvgIpc) is 3.59.